The van der Waals surface area contributed by atoms with Crippen LogP contribution in [-0.2, 0) is 9.53 Å². The minimum Gasteiger partial charge on any atom is -0.484 e. The summed E-state index contributed by atoms with van der Waals surface area (Å²) in [6, 6.07) is 9.23. The number of para-hydroxylation sites is 1. The van der Waals surface area contributed by atoms with E-state index in [-0.39, 0.29) is 12.5 Å². The number of ether oxygens (including phenoxy) is 2. The van der Waals surface area contributed by atoms with Crippen molar-refractivity contribution >= 4 is 5.91 Å². The average Bonchev–Trinajstić information content (AvgIpc) is 2.37. The number of carbonyl (C=O) groups is 1. The van der Waals surface area contributed by atoms with E-state index in [1.807, 2.05) is 37.3 Å². The summed E-state index contributed by atoms with van der Waals surface area (Å²) in [5, 5.41) is 2.71. The van der Waals surface area contributed by atoms with Crippen molar-refractivity contribution in [1.82, 2.24) is 5.32 Å². The molecule has 18 heavy (non-hydrogen) atoms. The lowest BCUT2D eigenvalue weighted by atomic mass is 10.3. The highest BCUT2D eigenvalue weighted by Crippen LogP contribution is 2.07. The van der Waals surface area contributed by atoms with E-state index in [2.05, 4.69) is 11.9 Å². The van der Waals surface area contributed by atoms with Crippen LogP contribution in [0.15, 0.2) is 42.5 Å². The lowest BCUT2D eigenvalue weighted by molar-refractivity contribution is -0.123. The van der Waals surface area contributed by atoms with Crippen LogP contribution in [0.2, 0.25) is 0 Å². The monoisotopic (exact) mass is 249 g/mol. The molecule has 1 amide bonds. The molecule has 0 saturated heterocycles. The van der Waals surface area contributed by atoms with Gasteiger partial charge in [0.15, 0.2) is 6.61 Å². The van der Waals surface area contributed by atoms with Crippen LogP contribution in [0, 0.1) is 0 Å². The van der Waals surface area contributed by atoms with E-state index in [0.29, 0.717) is 25.5 Å². The van der Waals surface area contributed by atoms with Gasteiger partial charge in [0.05, 0.1) is 13.2 Å². The van der Waals surface area contributed by atoms with Crippen molar-refractivity contribution in [2.24, 2.45) is 0 Å². The summed E-state index contributed by atoms with van der Waals surface area (Å²) in [7, 11) is 0. The molecule has 98 valence electrons. The van der Waals surface area contributed by atoms with E-state index in [1.165, 1.54) is 0 Å². The largest absolute Gasteiger partial charge is 0.484 e. The van der Waals surface area contributed by atoms with Crippen molar-refractivity contribution in [3.05, 3.63) is 42.5 Å². The molecular weight excluding hydrogens is 230 g/mol. The molecular formula is C14H19NO3. The van der Waals surface area contributed by atoms with Gasteiger partial charge in [0.25, 0.3) is 5.91 Å². The Morgan fingerprint density at radius 3 is 2.67 bits per heavy atom. The third kappa shape index (κ3) is 6.70. The van der Waals surface area contributed by atoms with Crippen LogP contribution in [0.3, 0.4) is 0 Å². The number of amides is 1. The number of hydrogen-bond donors (Lipinski definition) is 1. The number of rotatable bonds is 8. The fraction of sp³-hybridized carbons (Fsp3) is 0.357. The van der Waals surface area contributed by atoms with E-state index in [9.17, 15) is 4.79 Å². The predicted octanol–water partition coefficient (Wildman–Crippen LogP) is 1.77. The summed E-state index contributed by atoms with van der Waals surface area (Å²) in [6.07, 6.45) is 0. The number of carbonyl (C=O) groups excluding carboxylic acids is 1. The highest BCUT2D eigenvalue weighted by molar-refractivity contribution is 5.77. The van der Waals surface area contributed by atoms with E-state index < -0.39 is 0 Å². The average molecular weight is 249 g/mol. The summed E-state index contributed by atoms with van der Waals surface area (Å²) in [5.74, 6) is 0.531. The molecule has 4 heteroatoms. The third-order valence-corrected chi connectivity index (χ3v) is 2.03. The maximum absolute atomic E-state index is 11.4. The zero-order valence-corrected chi connectivity index (χ0v) is 10.6. The Kier molecular flexibility index (Phi) is 6.58. The smallest absolute Gasteiger partial charge is 0.258 e. The summed E-state index contributed by atoms with van der Waals surface area (Å²) in [5.41, 5.74) is 0.966. The van der Waals surface area contributed by atoms with Crippen molar-refractivity contribution in [2.45, 2.75) is 6.92 Å². The molecule has 1 aromatic rings. The molecule has 0 aliphatic carbocycles. The van der Waals surface area contributed by atoms with Crippen molar-refractivity contribution in [3.63, 3.8) is 0 Å². The molecule has 0 fully saturated rings. The molecule has 0 aliphatic rings. The highest BCUT2D eigenvalue weighted by Gasteiger charge is 2.01. The summed E-state index contributed by atoms with van der Waals surface area (Å²) >= 11 is 0. The van der Waals surface area contributed by atoms with E-state index >= 15 is 0 Å². The quantitative estimate of drug-likeness (QED) is 0.564. The second-order valence-electron chi connectivity index (χ2n) is 3.96. The highest BCUT2D eigenvalue weighted by atomic mass is 16.5. The minimum absolute atomic E-state index is 0.0184. The molecule has 1 aromatic carbocycles. The predicted molar refractivity (Wildman–Crippen MR) is 70.6 cm³/mol. The lowest BCUT2D eigenvalue weighted by Gasteiger charge is -2.07. The Balaban J connectivity index is 2.06. The van der Waals surface area contributed by atoms with Crippen molar-refractivity contribution in [3.8, 4) is 5.75 Å². The molecule has 0 saturated carbocycles. The summed E-state index contributed by atoms with van der Waals surface area (Å²) < 4.78 is 10.5. The van der Waals surface area contributed by atoms with Gasteiger partial charge in [-0.2, -0.15) is 0 Å². The first kappa shape index (κ1) is 14.3. The SMILES string of the molecule is C=C(C)COCCNC(=O)COc1ccccc1. The van der Waals surface area contributed by atoms with Gasteiger partial charge in [0.1, 0.15) is 5.75 Å². The summed E-state index contributed by atoms with van der Waals surface area (Å²) in [6.45, 7) is 7.11. The van der Waals surface area contributed by atoms with Crippen LogP contribution in [0.4, 0.5) is 0 Å². The maximum Gasteiger partial charge on any atom is 0.258 e. The van der Waals surface area contributed by atoms with Gasteiger partial charge in [-0.1, -0.05) is 30.4 Å². The first-order chi connectivity index (χ1) is 8.68. The molecule has 0 atom stereocenters. The Labute approximate surface area is 108 Å². The Hall–Kier alpha value is -1.81. The Morgan fingerprint density at radius 1 is 1.28 bits per heavy atom. The van der Waals surface area contributed by atoms with Crippen LogP contribution in [-0.4, -0.2) is 32.3 Å². The molecule has 0 aliphatic heterocycles. The van der Waals surface area contributed by atoms with Crippen LogP contribution in [0.1, 0.15) is 6.92 Å². The zero-order valence-electron chi connectivity index (χ0n) is 10.6. The van der Waals surface area contributed by atoms with Crippen molar-refractivity contribution in [1.29, 1.82) is 0 Å². The second-order valence-corrected chi connectivity index (χ2v) is 3.96. The first-order valence-corrected chi connectivity index (χ1v) is 5.85. The van der Waals surface area contributed by atoms with E-state index in [0.717, 1.165) is 5.57 Å². The van der Waals surface area contributed by atoms with Gasteiger partial charge >= 0.3 is 0 Å². The Morgan fingerprint density at radius 2 is 2.00 bits per heavy atom. The van der Waals surface area contributed by atoms with E-state index in [4.69, 9.17) is 9.47 Å². The first-order valence-electron chi connectivity index (χ1n) is 5.85. The molecule has 1 N–H and O–H groups in total. The number of nitrogens with one attached hydrogen (secondary N) is 1. The number of benzene rings is 1. The van der Waals surface area contributed by atoms with Crippen LogP contribution < -0.4 is 10.1 Å². The molecule has 0 spiro atoms. The normalized spacial score (nSPS) is 9.83. The van der Waals surface area contributed by atoms with Crippen LogP contribution in [0.5, 0.6) is 5.75 Å². The van der Waals surface area contributed by atoms with Gasteiger partial charge in [-0.15, -0.1) is 0 Å². The van der Waals surface area contributed by atoms with Gasteiger partial charge < -0.3 is 14.8 Å². The fourth-order valence-corrected chi connectivity index (χ4v) is 1.23. The van der Waals surface area contributed by atoms with Crippen molar-refractivity contribution in [2.75, 3.05) is 26.4 Å². The fourth-order valence-electron chi connectivity index (χ4n) is 1.23. The summed E-state index contributed by atoms with van der Waals surface area (Å²) in [4.78, 5) is 11.4. The topological polar surface area (TPSA) is 47.6 Å². The van der Waals surface area contributed by atoms with Crippen molar-refractivity contribution < 1.29 is 14.3 Å². The van der Waals surface area contributed by atoms with Gasteiger partial charge in [0.2, 0.25) is 0 Å². The van der Waals surface area contributed by atoms with Gasteiger partial charge in [-0.25, -0.2) is 0 Å². The Bertz CT molecular complexity index is 376. The molecule has 0 heterocycles. The molecule has 0 radical (unpaired) electrons. The van der Waals surface area contributed by atoms with E-state index in [1.54, 1.807) is 0 Å². The molecule has 0 unspecified atom stereocenters. The maximum atomic E-state index is 11.4. The van der Waals surface area contributed by atoms with Gasteiger partial charge in [-0.3, -0.25) is 4.79 Å². The van der Waals surface area contributed by atoms with Crippen LogP contribution in [0.25, 0.3) is 0 Å². The molecule has 0 aromatic heterocycles. The van der Waals surface area contributed by atoms with Crippen LogP contribution >= 0.6 is 0 Å². The molecule has 4 nitrogen and oxygen atoms in total. The zero-order chi connectivity index (χ0) is 13.2. The van der Waals surface area contributed by atoms with Gasteiger partial charge in [-0.05, 0) is 19.1 Å². The molecule has 0 bridgehead atoms. The third-order valence-electron chi connectivity index (χ3n) is 2.03. The van der Waals surface area contributed by atoms with Gasteiger partial charge in [0, 0.05) is 6.54 Å². The second kappa shape index (κ2) is 8.31. The standard InChI is InChI=1S/C14H19NO3/c1-12(2)10-17-9-8-15-14(16)11-18-13-6-4-3-5-7-13/h3-7H,1,8-11H2,2H3,(H,15,16). The number of hydrogen-bond acceptors (Lipinski definition) is 3. The minimum atomic E-state index is -0.155. The lowest BCUT2D eigenvalue weighted by Crippen LogP contribution is -2.31. The molecule has 1 rings (SSSR count).